The Hall–Kier alpha value is -3.26. The van der Waals surface area contributed by atoms with E-state index in [1.165, 1.54) is 14.2 Å². The zero-order valence-corrected chi connectivity index (χ0v) is 16.9. The van der Waals surface area contributed by atoms with E-state index in [0.717, 1.165) is 23.1 Å². The van der Waals surface area contributed by atoms with Crippen molar-refractivity contribution in [3.63, 3.8) is 0 Å². The van der Waals surface area contributed by atoms with Gasteiger partial charge in [0.2, 0.25) is 0 Å². The van der Waals surface area contributed by atoms with Gasteiger partial charge in [0.05, 0.1) is 31.8 Å². The third-order valence-electron chi connectivity index (χ3n) is 5.39. The van der Waals surface area contributed by atoms with E-state index in [0.29, 0.717) is 30.4 Å². The average molecular weight is 428 g/mol. The summed E-state index contributed by atoms with van der Waals surface area (Å²) in [6.07, 6.45) is 8.49. The minimum absolute atomic E-state index is 0. The fourth-order valence-corrected chi connectivity index (χ4v) is 3.74. The second-order valence-corrected chi connectivity index (χ2v) is 7.04. The third-order valence-corrected chi connectivity index (χ3v) is 5.39. The van der Waals surface area contributed by atoms with Crippen molar-refractivity contribution in [2.45, 2.75) is 39.2 Å². The van der Waals surface area contributed by atoms with Crippen LogP contribution in [0.4, 0.5) is 0 Å². The Morgan fingerprint density at radius 3 is 2.35 bits per heavy atom. The number of aliphatic hydroxyl groups is 2. The number of hydrogen-bond acceptors (Lipinski definition) is 8. The fourth-order valence-electron chi connectivity index (χ4n) is 3.74. The number of methoxy groups -OCH3 is 2. The van der Waals surface area contributed by atoms with Crippen LogP contribution in [0.1, 0.15) is 48.6 Å². The molecule has 31 heavy (non-hydrogen) atoms. The zero-order valence-electron chi connectivity index (χ0n) is 16.9. The van der Waals surface area contributed by atoms with E-state index in [1.807, 2.05) is 0 Å². The minimum atomic E-state index is -0.760. The molecular formula is C23H28N2O6. The maximum atomic E-state index is 11.4. The van der Waals surface area contributed by atoms with Crippen molar-refractivity contribution in [3.8, 4) is 0 Å². The fraction of sp³-hybridized carbons (Fsp3) is 0.391. The first-order valence-corrected chi connectivity index (χ1v) is 9.60. The van der Waals surface area contributed by atoms with Gasteiger partial charge in [0.15, 0.2) is 0 Å². The molecule has 8 nitrogen and oxygen atoms in total. The van der Waals surface area contributed by atoms with Gasteiger partial charge in [-0.15, -0.1) is 0 Å². The number of rotatable bonds is 2. The molecule has 0 fully saturated rings. The van der Waals surface area contributed by atoms with Crippen LogP contribution in [-0.2, 0) is 31.9 Å². The monoisotopic (exact) mass is 428 g/mol. The van der Waals surface area contributed by atoms with E-state index in [9.17, 15) is 19.8 Å². The minimum Gasteiger partial charge on any atom is -0.507 e. The van der Waals surface area contributed by atoms with E-state index in [1.54, 1.807) is 36.9 Å². The van der Waals surface area contributed by atoms with Crippen molar-refractivity contribution in [2.24, 2.45) is 5.92 Å². The molecule has 0 saturated heterocycles. The van der Waals surface area contributed by atoms with Crippen LogP contribution in [0.5, 0.6) is 0 Å². The quantitative estimate of drug-likeness (QED) is 0.701. The van der Waals surface area contributed by atoms with E-state index in [2.05, 4.69) is 19.4 Å². The Morgan fingerprint density at radius 2 is 1.68 bits per heavy atom. The molecule has 0 saturated carbocycles. The van der Waals surface area contributed by atoms with Gasteiger partial charge in [0.25, 0.3) is 0 Å². The first-order chi connectivity index (χ1) is 14.5. The summed E-state index contributed by atoms with van der Waals surface area (Å²) in [5, 5.41) is 19.9. The molecule has 2 aliphatic carbocycles. The molecule has 0 radical (unpaired) electrons. The van der Waals surface area contributed by atoms with E-state index < -0.39 is 18.0 Å². The standard InChI is InChI=1S/C11H13NO3.C11H11NO3.CH4/c2*1-15-11(14)9-3-2-7-6-12-5-4-8(7)10(9)13;/h4-6,9-10,13H,2-3H2,1H3;4-6,13H,2-3H2,1H3;1H4. The molecule has 166 valence electrons. The van der Waals surface area contributed by atoms with Crippen molar-refractivity contribution < 1.29 is 29.3 Å². The van der Waals surface area contributed by atoms with Crippen LogP contribution in [0.15, 0.2) is 42.5 Å². The van der Waals surface area contributed by atoms with Gasteiger partial charge in [-0.05, 0) is 54.5 Å². The summed E-state index contributed by atoms with van der Waals surface area (Å²) in [4.78, 5) is 30.7. The lowest BCUT2D eigenvalue weighted by molar-refractivity contribution is -0.150. The third kappa shape index (κ3) is 5.08. The highest BCUT2D eigenvalue weighted by molar-refractivity contribution is 5.96. The summed E-state index contributed by atoms with van der Waals surface area (Å²) in [6.45, 7) is 0. The van der Waals surface area contributed by atoms with Gasteiger partial charge in [-0.25, -0.2) is 4.79 Å². The normalized spacial score (nSPS) is 18.9. The number of aliphatic hydroxyl groups excluding tert-OH is 2. The molecule has 0 bridgehead atoms. The zero-order chi connectivity index (χ0) is 21.7. The summed E-state index contributed by atoms with van der Waals surface area (Å²) in [5.41, 5.74) is 3.80. The molecule has 2 heterocycles. The van der Waals surface area contributed by atoms with Gasteiger partial charge in [-0.2, -0.15) is 0 Å². The van der Waals surface area contributed by atoms with Crippen molar-refractivity contribution >= 4 is 17.7 Å². The van der Waals surface area contributed by atoms with Crippen molar-refractivity contribution in [1.29, 1.82) is 0 Å². The number of pyridine rings is 2. The summed E-state index contributed by atoms with van der Waals surface area (Å²) < 4.78 is 9.26. The van der Waals surface area contributed by atoms with Gasteiger partial charge < -0.3 is 19.7 Å². The van der Waals surface area contributed by atoms with Gasteiger partial charge >= 0.3 is 11.9 Å². The van der Waals surface area contributed by atoms with Gasteiger partial charge in [0.1, 0.15) is 5.76 Å². The summed E-state index contributed by atoms with van der Waals surface area (Å²) in [5.74, 6) is -1.23. The molecular weight excluding hydrogens is 400 g/mol. The molecule has 0 amide bonds. The SMILES string of the molecule is C.COC(=O)C1=C(O)c2ccncc2CC1.COC(=O)C1CCc2cnccc2C1O. The number of ether oxygens (including phenoxy) is 2. The Kier molecular flexibility index (Phi) is 8.27. The average Bonchev–Trinajstić information content (AvgIpc) is 2.79. The largest absolute Gasteiger partial charge is 0.507 e. The smallest absolute Gasteiger partial charge is 0.337 e. The van der Waals surface area contributed by atoms with Crippen LogP contribution in [0, 0.1) is 5.92 Å². The van der Waals surface area contributed by atoms with Crippen LogP contribution in [0.3, 0.4) is 0 Å². The van der Waals surface area contributed by atoms with Crippen LogP contribution in [-0.4, -0.2) is 46.3 Å². The van der Waals surface area contributed by atoms with Gasteiger partial charge in [-0.1, -0.05) is 7.43 Å². The van der Waals surface area contributed by atoms with Crippen LogP contribution in [0.25, 0.3) is 5.76 Å². The van der Waals surface area contributed by atoms with Crippen molar-refractivity contribution in [1.82, 2.24) is 9.97 Å². The molecule has 2 aromatic heterocycles. The number of aryl methyl sites for hydroxylation is 2. The summed E-state index contributed by atoms with van der Waals surface area (Å²) in [6, 6.07) is 3.46. The van der Waals surface area contributed by atoms with Gasteiger partial charge in [-0.3, -0.25) is 14.8 Å². The molecule has 4 rings (SSSR count). The number of hydrogen-bond donors (Lipinski definition) is 2. The molecule has 2 unspecified atom stereocenters. The number of nitrogens with zero attached hydrogens (tertiary/aromatic N) is 2. The second kappa shape index (κ2) is 10.7. The molecule has 0 aromatic carbocycles. The number of carbonyl (C=O) groups is 2. The van der Waals surface area contributed by atoms with Crippen LogP contribution >= 0.6 is 0 Å². The highest BCUT2D eigenvalue weighted by Gasteiger charge is 2.33. The molecule has 2 atom stereocenters. The molecule has 0 spiro atoms. The Morgan fingerprint density at radius 1 is 1.00 bits per heavy atom. The van der Waals surface area contributed by atoms with Crippen molar-refractivity contribution in [3.05, 3.63) is 64.7 Å². The lowest BCUT2D eigenvalue weighted by Crippen LogP contribution is -2.28. The summed E-state index contributed by atoms with van der Waals surface area (Å²) >= 11 is 0. The first-order valence-electron chi connectivity index (χ1n) is 9.60. The van der Waals surface area contributed by atoms with E-state index >= 15 is 0 Å². The molecule has 8 heteroatoms. The molecule has 2 N–H and O–H groups in total. The number of esters is 2. The van der Waals surface area contributed by atoms with Crippen LogP contribution < -0.4 is 0 Å². The lowest BCUT2D eigenvalue weighted by atomic mass is 9.82. The first kappa shape index (κ1) is 24.0. The number of carbonyl (C=O) groups excluding carboxylic acids is 2. The number of fused-ring (bicyclic) bond motifs is 2. The highest BCUT2D eigenvalue weighted by Crippen LogP contribution is 2.34. The van der Waals surface area contributed by atoms with E-state index in [4.69, 9.17) is 0 Å². The highest BCUT2D eigenvalue weighted by atomic mass is 16.5. The lowest BCUT2D eigenvalue weighted by Gasteiger charge is -2.27. The second-order valence-electron chi connectivity index (χ2n) is 7.04. The maximum absolute atomic E-state index is 11.4. The number of aromatic nitrogens is 2. The van der Waals surface area contributed by atoms with Crippen molar-refractivity contribution in [2.75, 3.05) is 14.2 Å². The predicted octanol–water partition coefficient (Wildman–Crippen LogP) is 2.96. The van der Waals surface area contributed by atoms with Gasteiger partial charge in [0, 0.05) is 30.4 Å². The van der Waals surface area contributed by atoms with Crippen LogP contribution in [0.2, 0.25) is 0 Å². The Bertz CT molecular complexity index is 972. The Labute approximate surface area is 181 Å². The van der Waals surface area contributed by atoms with E-state index in [-0.39, 0.29) is 19.2 Å². The molecule has 2 aliphatic rings. The Balaban J connectivity index is 0.000000213. The molecule has 0 aliphatic heterocycles. The molecule has 2 aromatic rings. The predicted molar refractivity (Wildman–Crippen MR) is 114 cm³/mol. The maximum Gasteiger partial charge on any atom is 0.337 e. The topological polar surface area (TPSA) is 119 Å². The summed E-state index contributed by atoms with van der Waals surface area (Å²) in [7, 11) is 2.65.